The monoisotopic (exact) mass is 225 g/mol. The summed E-state index contributed by atoms with van der Waals surface area (Å²) in [5.41, 5.74) is 0. The number of anilines is 1. The number of hydrogen-bond donors (Lipinski definition) is 1. The molecule has 1 heterocycles. The minimum atomic E-state index is -0.828. The summed E-state index contributed by atoms with van der Waals surface area (Å²) in [6.45, 7) is 0. The molecular formula is C11H15NO2S. The van der Waals surface area contributed by atoms with Gasteiger partial charge in [0.2, 0.25) is 0 Å². The van der Waals surface area contributed by atoms with E-state index in [9.17, 15) is 4.79 Å². The van der Waals surface area contributed by atoms with Crippen molar-refractivity contribution < 1.29 is 9.90 Å². The third-order valence-corrected chi connectivity index (χ3v) is 4.19. The maximum atomic E-state index is 10.8. The van der Waals surface area contributed by atoms with Crippen molar-refractivity contribution in [3.05, 3.63) is 17.0 Å². The molecule has 0 amide bonds. The van der Waals surface area contributed by atoms with Crippen molar-refractivity contribution in [3.8, 4) is 0 Å². The second-order valence-corrected chi connectivity index (χ2v) is 5.05. The molecule has 0 aliphatic heterocycles. The van der Waals surface area contributed by atoms with Crippen LogP contribution in [0, 0.1) is 0 Å². The molecule has 1 aromatic rings. The number of carbonyl (C=O) groups is 1. The molecule has 82 valence electrons. The van der Waals surface area contributed by atoms with Crippen LogP contribution in [0.15, 0.2) is 12.1 Å². The SMILES string of the molecule is CN(c1ccc(C(=O)O)s1)C1CCCC1. The first-order valence-electron chi connectivity index (χ1n) is 5.24. The number of carboxylic acid groups (broad SMARTS) is 1. The first-order valence-corrected chi connectivity index (χ1v) is 6.06. The van der Waals surface area contributed by atoms with E-state index < -0.39 is 5.97 Å². The molecule has 0 bridgehead atoms. The minimum Gasteiger partial charge on any atom is -0.477 e. The van der Waals surface area contributed by atoms with Gasteiger partial charge in [-0.05, 0) is 25.0 Å². The summed E-state index contributed by atoms with van der Waals surface area (Å²) in [5.74, 6) is -0.828. The van der Waals surface area contributed by atoms with E-state index in [4.69, 9.17) is 5.11 Å². The van der Waals surface area contributed by atoms with Gasteiger partial charge in [-0.15, -0.1) is 11.3 Å². The summed E-state index contributed by atoms with van der Waals surface area (Å²) in [7, 11) is 2.06. The summed E-state index contributed by atoms with van der Waals surface area (Å²) >= 11 is 1.36. The van der Waals surface area contributed by atoms with Gasteiger partial charge >= 0.3 is 5.97 Å². The molecule has 0 saturated heterocycles. The van der Waals surface area contributed by atoms with Gasteiger partial charge in [-0.1, -0.05) is 12.8 Å². The molecule has 1 saturated carbocycles. The number of thiophene rings is 1. The normalized spacial score (nSPS) is 16.9. The largest absolute Gasteiger partial charge is 0.477 e. The fourth-order valence-corrected chi connectivity index (χ4v) is 2.98. The van der Waals surface area contributed by atoms with Gasteiger partial charge in [0.05, 0.1) is 5.00 Å². The molecule has 4 heteroatoms. The van der Waals surface area contributed by atoms with Crippen molar-refractivity contribution in [2.24, 2.45) is 0 Å². The molecule has 0 unspecified atom stereocenters. The standard InChI is InChI=1S/C11H15NO2S/c1-12(8-4-2-3-5-8)10-7-6-9(15-10)11(13)14/h6-8H,2-5H2,1H3,(H,13,14). The average molecular weight is 225 g/mol. The van der Waals surface area contributed by atoms with Crippen molar-refractivity contribution in [3.63, 3.8) is 0 Å². The Kier molecular flexibility index (Phi) is 2.95. The Morgan fingerprint density at radius 2 is 2.13 bits per heavy atom. The average Bonchev–Trinajstić information content (AvgIpc) is 2.88. The summed E-state index contributed by atoms with van der Waals surface area (Å²) in [4.78, 5) is 13.4. The maximum Gasteiger partial charge on any atom is 0.345 e. The highest BCUT2D eigenvalue weighted by molar-refractivity contribution is 7.17. The minimum absolute atomic E-state index is 0.426. The quantitative estimate of drug-likeness (QED) is 0.860. The van der Waals surface area contributed by atoms with Gasteiger partial charge in [-0.25, -0.2) is 4.79 Å². The van der Waals surface area contributed by atoms with Crippen LogP contribution in [-0.2, 0) is 0 Å². The molecule has 1 fully saturated rings. The highest BCUT2D eigenvalue weighted by Gasteiger charge is 2.21. The fraction of sp³-hybridized carbons (Fsp3) is 0.545. The zero-order valence-electron chi connectivity index (χ0n) is 8.77. The number of hydrogen-bond acceptors (Lipinski definition) is 3. The lowest BCUT2D eigenvalue weighted by molar-refractivity contribution is 0.0702. The number of carboxylic acids is 1. The second-order valence-electron chi connectivity index (χ2n) is 3.99. The van der Waals surface area contributed by atoms with E-state index in [0.717, 1.165) is 5.00 Å². The Hall–Kier alpha value is -1.03. The number of rotatable bonds is 3. The lowest BCUT2D eigenvalue weighted by Gasteiger charge is -2.24. The zero-order chi connectivity index (χ0) is 10.8. The topological polar surface area (TPSA) is 40.5 Å². The van der Waals surface area contributed by atoms with E-state index in [0.29, 0.717) is 10.9 Å². The Morgan fingerprint density at radius 1 is 1.47 bits per heavy atom. The Labute approximate surface area is 93.3 Å². The predicted molar refractivity (Wildman–Crippen MR) is 61.9 cm³/mol. The first-order chi connectivity index (χ1) is 7.18. The van der Waals surface area contributed by atoms with Crippen molar-refractivity contribution in [2.75, 3.05) is 11.9 Å². The van der Waals surface area contributed by atoms with Crippen molar-refractivity contribution in [1.82, 2.24) is 0 Å². The molecule has 1 aliphatic rings. The lowest BCUT2D eigenvalue weighted by Crippen LogP contribution is -2.27. The van der Waals surface area contributed by atoms with Crippen LogP contribution < -0.4 is 4.90 Å². The van der Waals surface area contributed by atoms with E-state index >= 15 is 0 Å². The van der Waals surface area contributed by atoms with Crippen molar-refractivity contribution in [2.45, 2.75) is 31.7 Å². The lowest BCUT2D eigenvalue weighted by atomic mass is 10.2. The molecule has 3 nitrogen and oxygen atoms in total. The summed E-state index contributed by atoms with van der Waals surface area (Å²) in [6, 6.07) is 4.20. The highest BCUT2D eigenvalue weighted by Crippen LogP contribution is 2.31. The van der Waals surface area contributed by atoms with Crippen LogP contribution >= 0.6 is 11.3 Å². The van der Waals surface area contributed by atoms with E-state index in [2.05, 4.69) is 11.9 Å². The number of nitrogens with zero attached hydrogens (tertiary/aromatic N) is 1. The molecule has 1 N–H and O–H groups in total. The fourth-order valence-electron chi connectivity index (χ4n) is 2.10. The zero-order valence-corrected chi connectivity index (χ0v) is 9.59. The van der Waals surface area contributed by atoms with Gasteiger partial charge in [-0.3, -0.25) is 0 Å². The van der Waals surface area contributed by atoms with Crippen LogP contribution in [0.3, 0.4) is 0 Å². The van der Waals surface area contributed by atoms with Crippen LogP contribution in [0.4, 0.5) is 5.00 Å². The molecule has 2 rings (SSSR count). The van der Waals surface area contributed by atoms with E-state index in [1.807, 2.05) is 6.07 Å². The Balaban J connectivity index is 2.10. The molecule has 1 aliphatic carbocycles. The van der Waals surface area contributed by atoms with Crippen LogP contribution in [0.5, 0.6) is 0 Å². The van der Waals surface area contributed by atoms with Crippen LogP contribution in [-0.4, -0.2) is 24.2 Å². The van der Waals surface area contributed by atoms with Crippen molar-refractivity contribution in [1.29, 1.82) is 0 Å². The molecular weight excluding hydrogens is 210 g/mol. The molecule has 0 radical (unpaired) electrons. The number of aromatic carboxylic acids is 1. The predicted octanol–water partition coefficient (Wildman–Crippen LogP) is 2.83. The summed E-state index contributed by atoms with van der Waals surface area (Å²) < 4.78 is 0. The molecule has 15 heavy (non-hydrogen) atoms. The molecule has 1 aromatic heterocycles. The van der Waals surface area contributed by atoms with Gasteiger partial charge < -0.3 is 10.0 Å². The molecule has 0 spiro atoms. The van der Waals surface area contributed by atoms with Crippen LogP contribution in [0.25, 0.3) is 0 Å². The van der Waals surface area contributed by atoms with Gasteiger partial charge in [0, 0.05) is 13.1 Å². The van der Waals surface area contributed by atoms with E-state index in [1.54, 1.807) is 6.07 Å². The van der Waals surface area contributed by atoms with Gasteiger partial charge in [-0.2, -0.15) is 0 Å². The second kappa shape index (κ2) is 4.23. The maximum absolute atomic E-state index is 10.8. The Morgan fingerprint density at radius 3 is 2.67 bits per heavy atom. The summed E-state index contributed by atoms with van der Waals surface area (Å²) in [5, 5.41) is 9.91. The smallest absolute Gasteiger partial charge is 0.345 e. The van der Waals surface area contributed by atoms with Crippen molar-refractivity contribution >= 4 is 22.3 Å². The molecule has 0 atom stereocenters. The third kappa shape index (κ3) is 2.15. The Bertz CT molecular complexity index is 355. The van der Waals surface area contributed by atoms with E-state index in [1.165, 1.54) is 37.0 Å². The summed E-state index contributed by atoms with van der Waals surface area (Å²) in [6.07, 6.45) is 5.06. The van der Waals surface area contributed by atoms with Crippen LogP contribution in [0.2, 0.25) is 0 Å². The van der Waals surface area contributed by atoms with E-state index in [-0.39, 0.29) is 0 Å². The highest BCUT2D eigenvalue weighted by atomic mass is 32.1. The van der Waals surface area contributed by atoms with Gasteiger partial charge in [0.1, 0.15) is 4.88 Å². The van der Waals surface area contributed by atoms with Crippen LogP contribution in [0.1, 0.15) is 35.4 Å². The molecule has 0 aromatic carbocycles. The van der Waals surface area contributed by atoms with Gasteiger partial charge in [0.25, 0.3) is 0 Å². The first kappa shape index (κ1) is 10.5. The third-order valence-electron chi connectivity index (χ3n) is 3.02. The van der Waals surface area contributed by atoms with Gasteiger partial charge in [0.15, 0.2) is 0 Å².